The minimum absolute atomic E-state index is 0.0976. The lowest BCUT2D eigenvalue weighted by Gasteiger charge is -2.06. The highest BCUT2D eigenvalue weighted by molar-refractivity contribution is 7.26. The first kappa shape index (κ1) is 24.1. The van der Waals surface area contributed by atoms with Crippen LogP contribution in [0.5, 0.6) is 0 Å². The lowest BCUT2D eigenvalue weighted by molar-refractivity contribution is 0.177. The Bertz CT molecular complexity index is 259. The second-order valence-electron chi connectivity index (χ2n) is 6.47. The maximum absolute atomic E-state index is 9.78. The molecule has 0 radical (unpaired) electrons. The summed E-state index contributed by atoms with van der Waals surface area (Å²) < 4.78 is 10.4. The molecule has 0 amide bonds. The van der Waals surface area contributed by atoms with Crippen molar-refractivity contribution in [2.24, 2.45) is 0 Å². The van der Waals surface area contributed by atoms with E-state index in [9.17, 15) is 5.11 Å². The Labute approximate surface area is 152 Å². The Morgan fingerprint density at radius 1 is 0.833 bits per heavy atom. The number of rotatable bonds is 19. The number of unbranched alkanes of at least 4 members (excludes halogenated alkanes) is 11. The summed E-state index contributed by atoms with van der Waals surface area (Å²) in [7, 11) is 0.0976. The Balaban J connectivity index is 3.19. The second-order valence-corrected chi connectivity index (χ2v) is 7.22. The molecular weight excluding hydrogens is 319 g/mol. The summed E-state index contributed by atoms with van der Waals surface area (Å²) in [6, 6.07) is 0. The lowest BCUT2D eigenvalue weighted by Crippen LogP contribution is -2.05. The molecule has 2 unspecified atom stereocenters. The highest BCUT2D eigenvalue weighted by atomic mass is 31.1. The number of aliphatic hydroxyl groups is 1. The van der Waals surface area contributed by atoms with E-state index in [1.165, 1.54) is 70.6 Å². The van der Waals surface area contributed by atoms with Gasteiger partial charge in [-0.05, 0) is 19.8 Å². The third-order valence-corrected chi connectivity index (χ3v) is 4.84. The quantitative estimate of drug-likeness (QED) is 0.161. The summed E-state index contributed by atoms with van der Waals surface area (Å²) in [4.78, 5) is 0. The highest BCUT2D eigenvalue weighted by Gasteiger charge is 1.99. The molecule has 3 nitrogen and oxygen atoms in total. The van der Waals surface area contributed by atoms with E-state index in [4.69, 9.17) is 9.05 Å². The van der Waals surface area contributed by atoms with Crippen LogP contribution < -0.4 is 0 Å². The van der Waals surface area contributed by atoms with Gasteiger partial charge in [-0.25, -0.2) is 0 Å². The fourth-order valence-corrected chi connectivity index (χ4v) is 3.00. The van der Waals surface area contributed by atoms with Gasteiger partial charge in [-0.2, -0.15) is 0 Å². The first-order chi connectivity index (χ1) is 11.8. The van der Waals surface area contributed by atoms with Crippen LogP contribution in [-0.4, -0.2) is 24.4 Å². The SMILES string of the molecule is CCCCCCCCCCCCC/C=C/C(O)CCOPOCC. The normalized spacial score (nSPS) is 13.5. The largest absolute Gasteiger partial charge is 0.389 e. The van der Waals surface area contributed by atoms with Gasteiger partial charge in [0.05, 0.1) is 19.3 Å². The van der Waals surface area contributed by atoms with Gasteiger partial charge in [-0.3, -0.25) is 0 Å². The zero-order valence-electron chi connectivity index (χ0n) is 16.1. The van der Waals surface area contributed by atoms with E-state index in [2.05, 4.69) is 13.0 Å². The number of allylic oxidation sites excluding steroid dienone is 1. The van der Waals surface area contributed by atoms with Gasteiger partial charge in [0, 0.05) is 6.42 Å². The minimum Gasteiger partial charge on any atom is -0.389 e. The maximum atomic E-state index is 9.78. The minimum atomic E-state index is -0.385. The zero-order chi connectivity index (χ0) is 17.7. The average molecular weight is 361 g/mol. The van der Waals surface area contributed by atoms with E-state index in [1.54, 1.807) is 0 Å². The van der Waals surface area contributed by atoms with E-state index in [0.29, 0.717) is 19.6 Å². The molecule has 0 aromatic carbocycles. The Hall–Kier alpha value is 0.0500. The van der Waals surface area contributed by atoms with Crippen molar-refractivity contribution < 1.29 is 14.2 Å². The molecule has 0 aromatic rings. The highest BCUT2D eigenvalue weighted by Crippen LogP contribution is 2.14. The third-order valence-electron chi connectivity index (χ3n) is 4.11. The van der Waals surface area contributed by atoms with Gasteiger partial charge in [-0.1, -0.05) is 83.3 Å². The predicted molar refractivity (Wildman–Crippen MR) is 107 cm³/mol. The van der Waals surface area contributed by atoms with Crippen LogP contribution >= 0.6 is 9.03 Å². The van der Waals surface area contributed by atoms with Gasteiger partial charge in [0.25, 0.3) is 0 Å². The Morgan fingerprint density at radius 3 is 2.00 bits per heavy atom. The molecule has 0 aliphatic rings. The van der Waals surface area contributed by atoms with Gasteiger partial charge in [0.2, 0.25) is 0 Å². The van der Waals surface area contributed by atoms with Crippen molar-refractivity contribution in [3.05, 3.63) is 12.2 Å². The molecule has 0 heterocycles. The summed E-state index contributed by atoms with van der Waals surface area (Å²) in [5.41, 5.74) is 0. The van der Waals surface area contributed by atoms with Gasteiger partial charge in [0.15, 0.2) is 9.03 Å². The average Bonchev–Trinajstić information content (AvgIpc) is 2.59. The van der Waals surface area contributed by atoms with Crippen molar-refractivity contribution >= 4 is 9.03 Å². The predicted octanol–water partition coefficient (Wildman–Crippen LogP) is 6.56. The molecule has 0 aromatic heterocycles. The van der Waals surface area contributed by atoms with Crippen LogP contribution in [0, 0.1) is 0 Å². The molecule has 4 heteroatoms. The molecule has 1 N–H and O–H groups in total. The topological polar surface area (TPSA) is 38.7 Å². The van der Waals surface area contributed by atoms with Crippen LogP contribution in [0.4, 0.5) is 0 Å². The van der Waals surface area contributed by atoms with Crippen LogP contribution in [0.3, 0.4) is 0 Å². The molecule has 0 aliphatic carbocycles. The Kier molecular flexibility index (Phi) is 21.1. The van der Waals surface area contributed by atoms with Crippen LogP contribution in [-0.2, 0) is 9.05 Å². The fraction of sp³-hybridized carbons (Fsp3) is 0.900. The molecule has 0 aliphatic heterocycles. The molecule has 24 heavy (non-hydrogen) atoms. The van der Waals surface area contributed by atoms with Gasteiger partial charge < -0.3 is 14.2 Å². The monoisotopic (exact) mass is 360 g/mol. The number of hydrogen-bond acceptors (Lipinski definition) is 3. The lowest BCUT2D eigenvalue weighted by atomic mass is 10.1. The van der Waals surface area contributed by atoms with Crippen molar-refractivity contribution in [3.8, 4) is 0 Å². The van der Waals surface area contributed by atoms with E-state index < -0.39 is 0 Å². The maximum Gasteiger partial charge on any atom is 0.155 e. The van der Waals surface area contributed by atoms with Crippen LogP contribution in [0.15, 0.2) is 12.2 Å². The van der Waals surface area contributed by atoms with Gasteiger partial charge in [0.1, 0.15) is 0 Å². The van der Waals surface area contributed by atoms with E-state index in [1.807, 2.05) is 13.0 Å². The van der Waals surface area contributed by atoms with Crippen LogP contribution in [0.2, 0.25) is 0 Å². The van der Waals surface area contributed by atoms with E-state index in [-0.39, 0.29) is 15.1 Å². The first-order valence-electron chi connectivity index (χ1n) is 10.1. The summed E-state index contributed by atoms with van der Waals surface area (Å²) in [6.07, 6.45) is 20.5. The van der Waals surface area contributed by atoms with Crippen molar-refractivity contribution in [1.29, 1.82) is 0 Å². The summed E-state index contributed by atoms with van der Waals surface area (Å²) in [6.45, 7) is 5.46. The molecule has 0 spiro atoms. The van der Waals surface area contributed by atoms with Gasteiger partial charge >= 0.3 is 0 Å². The number of aliphatic hydroxyl groups excluding tert-OH is 1. The zero-order valence-corrected chi connectivity index (χ0v) is 17.1. The van der Waals surface area contributed by atoms with Gasteiger partial charge in [-0.15, -0.1) is 0 Å². The third kappa shape index (κ3) is 20.1. The van der Waals surface area contributed by atoms with Crippen LogP contribution in [0.1, 0.15) is 97.3 Å². The molecule has 0 bridgehead atoms. The Morgan fingerprint density at radius 2 is 1.42 bits per heavy atom. The summed E-state index contributed by atoms with van der Waals surface area (Å²) in [5, 5.41) is 9.78. The molecule has 0 fully saturated rings. The summed E-state index contributed by atoms with van der Waals surface area (Å²) >= 11 is 0. The second kappa shape index (κ2) is 21.1. The summed E-state index contributed by atoms with van der Waals surface area (Å²) in [5.74, 6) is 0. The first-order valence-corrected chi connectivity index (χ1v) is 11.0. The number of hydrogen-bond donors (Lipinski definition) is 1. The molecular formula is C20H41O3P. The van der Waals surface area contributed by atoms with Crippen LogP contribution in [0.25, 0.3) is 0 Å². The van der Waals surface area contributed by atoms with Crippen molar-refractivity contribution in [3.63, 3.8) is 0 Å². The molecule has 2 atom stereocenters. The van der Waals surface area contributed by atoms with E-state index >= 15 is 0 Å². The van der Waals surface area contributed by atoms with Crippen molar-refractivity contribution in [1.82, 2.24) is 0 Å². The van der Waals surface area contributed by atoms with E-state index in [0.717, 1.165) is 6.42 Å². The molecule has 0 rings (SSSR count). The fourth-order valence-electron chi connectivity index (χ4n) is 2.60. The molecule has 0 saturated carbocycles. The molecule has 0 saturated heterocycles. The molecule has 144 valence electrons. The standard InChI is InChI=1S/C20H41O3P/c1-3-5-6-7-8-9-10-11-12-13-14-15-16-17-20(21)18-19-23-24-22-4-2/h16-17,20-21,24H,3-15,18-19H2,1-2H3/b17-16+. The van der Waals surface area contributed by atoms with Crippen molar-refractivity contribution in [2.45, 2.75) is 103 Å². The van der Waals surface area contributed by atoms with Crippen molar-refractivity contribution in [2.75, 3.05) is 13.2 Å². The smallest absolute Gasteiger partial charge is 0.155 e.